The van der Waals surface area contributed by atoms with E-state index in [1.807, 2.05) is 30.3 Å². The first-order valence-electron chi connectivity index (χ1n) is 8.37. The predicted molar refractivity (Wildman–Crippen MR) is 118 cm³/mol. The Morgan fingerprint density at radius 2 is 2.11 bits per heavy atom. The molecule has 1 N–H and O–H groups in total. The molecule has 2 aromatic rings. The van der Waals surface area contributed by atoms with Gasteiger partial charge in [-0.05, 0) is 31.0 Å². The van der Waals surface area contributed by atoms with Gasteiger partial charge in [-0.25, -0.2) is 4.98 Å². The highest BCUT2D eigenvalue weighted by atomic mass is 127. The zero-order chi connectivity index (χ0) is 19.8. The zero-order valence-electron chi connectivity index (χ0n) is 16.2. The topological polar surface area (TPSA) is 59.0 Å². The molecule has 0 radical (unpaired) electrons. The molecule has 0 aliphatic rings. The second kappa shape index (κ2) is 12.0. The number of halogens is 3. The smallest absolute Gasteiger partial charge is 0.387 e. The third kappa shape index (κ3) is 7.38. The van der Waals surface area contributed by atoms with Gasteiger partial charge in [-0.2, -0.15) is 8.78 Å². The Hall–Kier alpha value is -1.69. The highest BCUT2D eigenvalue weighted by molar-refractivity contribution is 14.0. The third-order valence-corrected chi connectivity index (χ3v) is 4.60. The van der Waals surface area contributed by atoms with Crippen LogP contribution in [-0.2, 0) is 13.0 Å². The Bertz CT molecular complexity index is 774. The van der Waals surface area contributed by atoms with Crippen molar-refractivity contribution >= 4 is 41.3 Å². The van der Waals surface area contributed by atoms with Gasteiger partial charge >= 0.3 is 6.61 Å². The summed E-state index contributed by atoms with van der Waals surface area (Å²) in [5.74, 6) is 1.05. The lowest BCUT2D eigenvalue weighted by Crippen LogP contribution is -2.39. The van der Waals surface area contributed by atoms with Crippen molar-refractivity contribution in [3.63, 3.8) is 0 Å². The molecule has 0 saturated heterocycles. The number of nitrogens with zero attached hydrogens (tertiary/aromatic N) is 3. The van der Waals surface area contributed by atoms with Crippen molar-refractivity contribution in [1.82, 2.24) is 15.2 Å². The third-order valence-electron chi connectivity index (χ3n) is 3.78. The Labute approximate surface area is 185 Å². The zero-order valence-corrected chi connectivity index (χ0v) is 19.4. The van der Waals surface area contributed by atoms with Gasteiger partial charge in [0.1, 0.15) is 0 Å². The lowest BCUT2D eigenvalue weighted by atomic mass is 10.1. The number of guanidine groups is 1. The SMILES string of the molecule is CN=C(NCCc1ccc(OC)c(OC(F)F)c1)N(C)Cc1csc(C)n1.I. The number of aryl methyl sites for hydroxylation is 1. The molecule has 1 aromatic carbocycles. The number of nitrogens with one attached hydrogen (secondary N) is 1. The molecule has 6 nitrogen and oxygen atoms in total. The fraction of sp³-hybridized carbons (Fsp3) is 0.444. The molecular formula is C18H25F2IN4O2S. The van der Waals surface area contributed by atoms with Gasteiger partial charge in [-0.3, -0.25) is 4.99 Å². The molecule has 0 spiro atoms. The average Bonchev–Trinajstić information content (AvgIpc) is 3.03. The van der Waals surface area contributed by atoms with E-state index < -0.39 is 6.61 Å². The molecule has 0 saturated carbocycles. The van der Waals surface area contributed by atoms with E-state index in [1.165, 1.54) is 7.11 Å². The highest BCUT2D eigenvalue weighted by Crippen LogP contribution is 2.29. The number of alkyl halides is 2. The van der Waals surface area contributed by atoms with E-state index in [1.54, 1.807) is 30.5 Å². The van der Waals surface area contributed by atoms with Crippen LogP contribution in [0.15, 0.2) is 28.6 Å². The monoisotopic (exact) mass is 526 g/mol. The summed E-state index contributed by atoms with van der Waals surface area (Å²) in [4.78, 5) is 10.7. The van der Waals surface area contributed by atoms with E-state index in [9.17, 15) is 8.78 Å². The van der Waals surface area contributed by atoms with Gasteiger partial charge in [0, 0.05) is 26.0 Å². The van der Waals surface area contributed by atoms with Crippen LogP contribution in [0.1, 0.15) is 16.3 Å². The summed E-state index contributed by atoms with van der Waals surface area (Å²) in [5, 5.41) is 6.32. The molecule has 0 fully saturated rings. The van der Waals surface area contributed by atoms with Gasteiger partial charge in [-0.15, -0.1) is 35.3 Å². The van der Waals surface area contributed by atoms with E-state index >= 15 is 0 Å². The Kier molecular flexibility index (Phi) is 10.4. The first kappa shape index (κ1) is 24.3. The van der Waals surface area contributed by atoms with E-state index in [2.05, 4.69) is 20.0 Å². The van der Waals surface area contributed by atoms with Crippen LogP contribution in [0.5, 0.6) is 11.5 Å². The van der Waals surface area contributed by atoms with Crippen molar-refractivity contribution in [3.05, 3.63) is 39.8 Å². The first-order valence-corrected chi connectivity index (χ1v) is 9.25. The molecule has 0 aliphatic carbocycles. The van der Waals surface area contributed by atoms with Gasteiger partial charge in [0.15, 0.2) is 17.5 Å². The van der Waals surface area contributed by atoms with Crippen LogP contribution in [-0.4, -0.2) is 50.2 Å². The quantitative estimate of drug-likeness (QED) is 0.321. The highest BCUT2D eigenvalue weighted by Gasteiger charge is 2.12. The summed E-state index contributed by atoms with van der Waals surface area (Å²) in [6, 6.07) is 5.01. The normalized spacial score (nSPS) is 11.2. The molecule has 0 unspecified atom stereocenters. The minimum absolute atomic E-state index is 0. The maximum atomic E-state index is 12.5. The van der Waals surface area contributed by atoms with Gasteiger partial charge < -0.3 is 19.7 Å². The molecule has 2 rings (SSSR count). The molecule has 1 aromatic heterocycles. The number of aromatic nitrogens is 1. The maximum Gasteiger partial charge on any atom is 0.387 e. The molecule has 1 heterocycles. The Balaban J connectivity index is 0.00000392. The van der Waals surface area contributed by atoms with Crippen LogP contribution in [0.2, 0.25) is 0 Å². The molecule has 0 amide bonds. The minimum atomic E-state index is -2.89. The lowest BCUT2D eigenvalue weighted by molar-refractivity contribution is -0.0512. The maximum absolute atomic E-state index is 12.5. The summed E-state index contributed by atoms with van der Waals surface area (Å²) in [6.07, 6.45) is 0.617. The molecule has 10 heteroatoms. The van der Waals surface area contributed by atoms with Crippen LogP contribution < -0.4 is 14.8 Å². The number of rotatable bonds is 8. The summed E-state index contributed by atoms with van der Waals surface area (Å²) in [5.41, 5.74) is 1.85. The molecule has 0 atom stereocenters. The fourth-order valence-electron chi connectivity index (χ4n) is 2.57. The Morgan fingerprint density at radius 1 is 1.36 bits per heavy atom. The number of aliphatic imine (C=N–C) groups is 1. The number of thiazole rings is 1. The minimum Gasteiger partial charge on any atom is -0.493 e. The molecular weight excluding hydrogens is 501 g/mol. The second-order valence-corrected chi connectivity index (χ2v) is 6.86. The van der Waals surface area contributed by atoms with Crippen molar-refractivity contribution in [2.75, 3.05) is 27.7 Å². The van der Waals surface area contributed by atoms with Gasteiger partial charge in [0.25, 0.3) is 0 Å². The number of hydrogen-bond acceptors (Lipinski definition) is 5. The number of benzene rings is 1. The first-order chi connectivity index (χ1) is 12.9. The van der Waals surface area contributed by atoms with Crippen molar-refractivity contribution < 1.29 is 18.3 Å². The molecule has 28 heavy (non-hydrogen) atoms. The largest absolute Gasteiger partial charge is 0.493 e. The van der Waals surface area contributed by atoms with Crippen molar-refractivity contribution in [2.24, 2.45) is 4.99 Å². The summed E-state index contributed by atoms with van der Waals surface area (Å²) in [6.45, 7) is 0.322. The lowest BCUT2D eigenvalue weighted by Gasteiger charge is -2.21. The van der Waals surface area contributed by atoms with Crippen molar-refractivity contribution in [1.29, 1.82) is 0 Å². The van der Waals surface area contributed by atoms with Crippen LogP contribution in [0.3, 0.4) is 0 Å². The van der Waals surface area contributed by atoms with Crippen molar-refractivity contribution in [2.45, 2.75) is 26.5 Å². The number of methoxy groups -OCH3 is 1. The average molecular weight is 526 g/mol. The second-order valence-electron chi connectivity index (χ2n) is 5.80. The molecule has 0 bridgehead atoms. The fourth-order valence-corrected chi connectivity index (χ4v) is 3.17. The van der Waals surface area contributed by atoms with Crippen LogP contribution >= 0.6 is 35.3 Å². The van der Waals surface area contributed by atoms with E-state index in [0.29, 0.717) is 19.5 Å². The van der Waals surface area contributed by atoms with Gasteiger partial charge in [0.2, 0.25) is 0 Å². The standard InChI is InChI=1S/C18H24F2N4O2S.HI/c1-12-23-14(11-27-12)10-24(3)18(21-2)22-8-7-13-5-6-15(25-4)16(9-13)26-17(19)20;/h5-6,9,11,17H,7-8,10H2,1-4H3,(H,21,22);1H. The predicted octanol–water partition coefficient (Wildman–Crippen LogP) is 3.93. The number of ether oxygens (including phenoxy) is 2. The van der Waals surface area contributed by atoms with Gasteiger partial charge in [-0.1, -0.05) is 6.07 Å². The summed E-state index contributed by atoms with van der Waals surface area (Å²) < 4.78 is 34.6. The molecule has 0 aliphatic heterocycles. The van der Waals surface area contributed by atoms with E-state index in [0.717, 1.165) is 22.2 Å². The van der Waals surface area contributed by atoms with Crippen LogP contribution in [0.25, 0.3) is 0 Å². The van der Waals surface area contributed by atoms with Crippen molar-refractivity contribution in [3.8, 4) is 11.5 Å². The number of hydrogen-bond donors (Lipinski definition) is 1. The van der Waals surface area contributed by atoms with E-state index in [4.69, 9.17) is 4.74 Å². The Morgan fingerprint density at radius 3 is 2.68 bits per heavy atom. The van der Waals surface area contributed by atoms with E-state index in [-0.39, 0.29) is 35.5 Å². The van der Waals surface area contributed by atoms with Gasteiger partial charge in [0.05, 0.1) is 24.4 Å². The summed E-state index contributed by atoms with van der Waals surface area (Å²) >= 11 is 1.62. The molecule has 156 valence electrons. The summed E-state index contributed by atoms with van der Waals surface area (Å²) in [7, 11) is 5.07. The van der Waals surface area contributed by atoms with Crippen LogP contribution in [0.4, 0.5) is 8.78 Å². The van der Waals surface area contributed by atoms with Crippen LogP contribution in [0, 0.1) is 6.92 Å².